The monoisotopic (exact) mass is 472 g/mol. The number of thiazole rings is 1. The molecular weight excluding hydrogens is 444 g/mol. The fourth-order valence-electron chi connectivity index (χ4n) is 4.07. The molecule has 1 saturated heterocycles. The van der Waals surface area contributed by atoms with Crippen LogP contribution in [0.1, 0.15) is 54.1 Å². The van der Waals surface area contributed by atoms with Crippen LogP contribution in [-0.2, 0) is 10.0 Å². The first-order chi connectivity index (χ1) is 15.3. The Labute approximate surface area is 192 Å². The van der Waals surface area contributed by atoms with Gasteiger partial charge in [-0.25, -0.2) is 13.4 Å². The number of aromatic nitrogens is 1. The predicted octanol–water partition coefficient (Wildman–Crippen LogP) is 4.62. The number of fused-ring (bicyclic) bond motifs is 1. The number of benzene rings is 2. The fraction of sp³-hybridized carbons (Fsp3) is 0.391. The number of hydrazine groups is 1. The molecule has 1 aliphatic heterocycles. The number of sulfonamides is 1. The van der Waals surface area contributed by atoms with Crippen molar-refractivity contribution in [3.05, 3.63) is 53.1 Å². The van der Waals surface area contributed by atoms with E-state index >= 15 is 0 Å². The van der Waals surface area contributed by atoms with Crippen molar-refractivity contribution in [3.63, 3.8) is 0 Å². The number of rotatable bonds is 6. The van der Waals surface area contributed by atoms with Gasteiger partial charge < -0.3 is 0 Å². The minimum absolute atomic E-state index is 0.0437. The van der Waals surface area contributed by atoms with Crippen molar-refractivity contribution in [2.45, 2.75) is 57.4 Å². The highest BCUT2D eigenvalue weighted by atomic mass is 32.2. The number of amides is 1. The van der Waals surface area contributed by atoms with E-state index in [1.54, 1.807) is 16.4 Å². The van der Waals surface area contributed by atoms with E-state index in [0.29, 0.717) is 17.2 Å². The van der Waals surface area contributed by atoms with Crippen LogP contribution in [-0.4, -0.2) is 36.2 Å². The van der Waals surface area contributed by atoms with Crippen molar-refractivity contribution < 1.29 is 13.2 Å². The SMILES string of the molecule is CC[C@H]1CCCCN1S(=O)(=O)c1ccc(C(=O)NNc2nc3c(C)c(C)ccc3s2)cc1. The van der Waals surface area contributed by atoms with Gasteiger partial charge in [0, 0.05) is 18.2 Å². The number of hydrogen-bond acceptors (Lipinski definition) is 6. The van der Waals surface area contributed by atoms with Crippen LogP contribution in [0.25, 0.3) is 10.2 Å². The molecule has 0 saturated carbocycles. The smallest absolute Gasteiger partial charge is 0.269 e. The van der Waals surface area contributed by atoms with E-state index in [9.17, 15) is 13.2 Å². The second-order valence-electron chi connectivity index (χ2n) is 8.15. The number of carbonyl (C=O) groups is 1. The van der Waals surface area contributed by atoms with Crippen LogP contribution in [0.4, 0.5) is 5.13 Å². The van der Waals surface area contributed by atoms with Crippen LogP contribution < -0.4 is 10.9 Å². The number of nitrogens with one attached hydrogen (secondary N) is 2. The molecule has 7 nitrogen and oxygen atoms in total. The zero-order valence-electron chi connectivity index (χ0n) is 18.5. The summed E-state index contributed by atoms with van der Waals surface area (Å²) in [5.41, 5.74) is 9.10. The lowest BCUT2D eigenvalue weighted by Gasteiger charge is -2.34. The zero-order valence-corrected chi connectivity index (χ0v) is 20.1. The van der Waals surface area contributed by atoms with E-state index in [1.807, 2.05) is 26.8 Å². The number of piperidine rings is 1. The first-order valence-electron chi connectivity index (χ1n) is 10.9. The molecule has 1 amide bonds. The van der Waals surface area contributed by atoms with Gasteiger partial charge in [0.05, 0.1) is 15.1 Å². The molecule has 9 heteroatoms. The van der Waals surface area contributed by atoms with E-state index in [-0.39, 0.29) is 16.8 Å². The number of carbonyl (C=O) groups excluding carboxylic acids is 1. The van der Waals surface area contributed by atoms with Crippen molar-refractivity contribution >= 4 is 42.6 Å². The van der Waals surface area contributed by atoms with Gasteiger partial charge in [-0.2, -0.15) is 4.31 Å². The minimum Gasteiger partial charge on any atom is -0.273 e. The summed E-state index contributed by atoms with van der Waals surface area (Å²) in [5, 5.41) is 0.594. The topological polar surface area (TPSA) is 91.4 Å². The van der Waals surface area contributed by atoms with Crippen LogP contribution >= 0.6 is 11.3 Å². The first-order valence-corrected chi connectivity index (χ1v) is 13.1. The van der Waals surface area contributed by atoms with Gasteiger partial charge in [-0.3, -0.25) is 15.6 Å². The van der Waals surface area contributed by atoms with Gasteiger partial charge in [-0.05, 0) is 74.6 Å². The van der Waals surface area contributed by atoms with E-state index in [0.717, 1.165) is 41.5 Å². The fourth-order valence-corrected chi connectivity index (χ4v) is 6.72. The third kappa shape index (κ3) is 4.37. The van der Waals surface area contributed by atoms with Gasteiger partial charge in [-0.1, -0.05) is 30.7 Å². The van der Waals surface area contributed by atoms with Gasteiger partial charge in [0.15, 0.2) is 0 Å². The van der Waals surface area contributed by atoms with Crippen LogP contribution in [0.15, 0.2) is 41.3 Å². The molecule has 1 aromatic heterocycles. The van der Waals surface area contributed by atoms with Crippen molar-refractivity contribution in [1.29, 1.82) is 0 Å². The second kappa shape index (κ2) is 9.17. The molecule has 0 radical (unpaired) electrons. The highest BCUT2D eigenvalue weighted by Gasteiger charge is 2.32. The Hall–Kier alpha value is -2.49. The van der Waals surface area contributed by atoms with Crippen LogP contribution in [0.2, 0.25) is 0 Å². The van der Waals surface area contributed by atoms with Crippen LogP contribution in [0.5, 0.6) is 0 Å². The third-order valence-electron chi connectivity index (χ3n) is 6.14. The first kappa shape index (κ1) is 22.7. The summed E-state index contributed by atoms with van der Waals surface area (Å²) >= 11 is 1.46. The maximum atomic E-state index is 13.1. The van der Waals surface area contributed by atoms with Gasteiger partial charge in [0.1, 0.15) is 0 Å². The van der Waals surface area contributed by atoms with E-state index < -0.39 is 10.0 Å². The second-order valence-corrected chi connectivity index (χ2v) is 11.1. The zero-order chi connectivity index (χ0) is 22.9. The molecule has 1 fully saturated rings. The van der Waals surface area contributed by atoms with Gasteiger partial charge in [0.25, 0.3) is 5.91 Å². The predicted molar refractivity (Wildman–Crippen MR) is 128 cm³/mol. The summed E-state index contributed by atoms with van der Waals surface area (Å²) in [6.07, 6.45) is 3.64. The van der Waals surface area contributed by atoms with Crippen molar-refractivity contribution in [2.75, 3.05) is 12.0 Å². The highest BCUT2D eigenvalue weighted by Crippen LogP contribution is 2.29. The van der Waals surface area contributed by atoms with Crippen LogP contribution in [0, 0.1) is 13.8 Å². The highest BCUT2D eigenvalue weighted by molar-refractivity contribution is 7.89. The summed E-state index contributed by atoms with van der Waals surface area (Å²) in [6, 6.07) is 10.2. The summed E-state index contributed by atoms with van der Waals surface area (Å²) in [6.45, 7) is 6.64. The van der Waals surface area contributed by atoms with E-state index in [2.05, 4.69) is 21.9 Å². The quantitative estimate of drug-likeness (QED) is 0.511. The standard InChI is InChI=1S/C23H28N4O3S2/c1-4-18-7-5-6-14-27(18)32(29,30)19-11-9-17(10-12-19)22(28)25-26-23-24-21-16(3)15(2)8-13-20(21)31-23/h8-13,18H,4-7,14H2,1-3H3,(H,24,26)(H,25,28)/t18-/m0/s1. The molecule has 0 bridgehead atoms. The van der Waals surface area contributed by atoms with Crippen molar-refractivity contribution in [1.82, 2.24) is 14.7 Å². The molecule has 1 aliphatic rings. The Morgan fingerprint density at radius 3 is 2.62 bits per heavy atom. The molecule has 0 aliphatic carbocycles. The van der Waals surface area contributed by atoms with Gasteiger partial charge in [-0.15, -0.1) is 0 Å². The maximum Gasteiger partial charge on any atom is 0.269 e. The molecule has 2 aromatic carbocycles. The van der Waals surface area contributed by atoms with E-state index in [4.69, 9.17) is 0 Å². The lowest BCUT2D eigenvalue weighted by Crippen LogP contribution is -2.43. The number of aryl methyl sites for hydroxylation is 2. The lowest BCUT2D eigenvalue weighted by atomic mass is 10.0. The molecule has 4 rings (SSSR count). The molecule has 0 spiro atoms. The minimum atomic E-state index is -3.57. The summed E-state index contributed by atoms with van der Waals surface area (Å²) < 4.78 is 28.8. The molecule has 170 valence electrons. The normalized spacial score (nSPS) is 17.4. The largest absolute Gasteiger partial charge is 0.273 e. The Morgan fingerprint density at radius 2 is 1.91 bits per heavy atom. The molecular formula is C23H28N4O3S2. The number of hydrogen-bond donors (Lipinski definition) is 2. The Balaban J connectivity index is 1.45. The molecule has 2 N–H and O–H groups in total. The summed E-state index contributed by atoms with van der Waals surface area (Å²) in [5.74, 6) is -0.356. The Kier molecular flexibility index (Phi) is 6.50. The van der Waals surface area contributed by atoms with Gasteiger partial charge in [0.2, 0.25) is 15.2 Å². The lowest BCUT2D eigenvalue weighted by molar-refractivity contribution is 0.0962. The van der Waals surface area contributed by atoms with Gasteiger partial charge >= 0.3 is 0 Å². The Morgan fingerprint density at radius 1 is 1.16 bits per heavy atom. The van der Waals surface area contributed by atoms with Crippen molar-refractivity contribution in [3.8, 4) is 0 Å². The average Bonchev–Trinajstić information content (AvgIpc) is 3.24. The number of nitrogens with zero attached hydrogens (tertiary/aromatic N) is 2. The third-order valence-corrected chi connectivity index (χ3v) is 9.04. The molecule has 2 heterocycles. The molecule has 32 heavy (non-hydrogen) atoms. The number of anilines is 1. The molecule has 3 aromatic rings. The Bertz CT molecular complexity index is 1240. The van der Waals surface area contributed by atoms with Crippen molar-refractivity contribution in [2.24, 2.45) is 0 Å². The average molecular weight is 473 g/mol. The van der Waals surface area contributed by atoms with Crippen LogP contribution in [0.3, 0.4) is 0 Å². The maximum absolute atomic E-state index is 13.1. The molecule has 1 atom stereocenters. The molecule has 0 unspecified atom stereocenters. The summed E-state index contributed by atoms with van der Waals surface area (Å²) in [4.78, 5) is 17.3. The van der Waals surface area contributed by atoms with E-state index in [1.165, 1.54) is 29.0 Å². The summed E-state index contributed by atoms with van der Waals surface area (Å²) in [7, 11) is -3.57.